The molecule has 1 unspecified atom stereocenters. The van der Waals surface area contributed by atoms with Crippen LogP contribution in [0.1, 0.15) is 30.7 Å². The standard InChI is InChI=1S/C18H14FN5OS2/c19-10-6-4-9(5-7-10)14-11(8-20)16(21)24(17-22-23-18(26)27-17)12-2-1-3-13(25)15(12)14/h4-7,14H,1-3,21H2,(H,23,26). The van der Waals surface area contributed by atoms with Gasteiger partial charge in [-0.25, -0.2) is 4.39 Å². The molecule has 2 aromatic rings. The van der Waals surface area contributed by atoms with E-state index >= 15 is 0 Å². The second-order valence-corrected chi connectivity index (χ2v) is 7.91. The van der Waals surface area contributed by atoms with Crippen LogP contribution in [0.3, 0.4) is 0 Å². The summed E-state index contributed by atoms with van der Waals surface area (Å²) in [5, 5.41) is 17.2. The maximum Gasteiger partial charge on any atom is 0.216 e. The molecule has 1 aromatic heterocycles. The Kier molecular flexibility index (Phi) is 4.37. The van der Waals surface area contributed by atoms with Crippen molar-refractivity contribution in [1.29, 1.82) is 5.26 Å². The third kappa shape index (κ3) is 2.87. The molecule has 0 saturated carbocycles. The van der Waals surface area contributed by atoms with Crippen LogP contribution in [0.5, 0.6) is 0 Å². The van der Waals surface area contributed by atoms with Gasteiger partial charge in [0.2, 0.25) is 5.13 Å². The van der Waals surface area contributed by atoms with Gasteiger partial charge in [0.05, 0.1) is 17.6 Å². The molecule has 136 valence electrons. The minimum absolute atomic E-state index is 0.0324. The molecule has 0 amide bonds. The Morgan fingerprint density at radius 2 is 2.11 bits per heavy atom. The molecular weight excluding hydrogens is 385 g/mol. The van der Waals surface area contributed by atoms with E-state index < -0.39 is 5.92 Å². The van der Waals surface area contributed by atoms with Gasteiger partial charge in [-0.15, -0.1) is 5.10 Å². The summed E-state index contributed by atoms with van der Waals surface area (Å²) in [7, 11) is 0. The zero-order valence-electron chi connectivity index (χ0n) is 14.0. The van der Waals surface area contributed by atoms with Crippen LogP contribution in [0.4, 0.5) is 9.52 Å². The molecule has 4 rings (SSSR count). The lowest BCUT2D eigenvalue weighted by Crippen LogP contribution is -2.38. The van der Waals surface area contributed by atoms with Crippen LogP contribution in [0.15, 0.2) is 46.9 Å². The number of H-pyrrole nitrogens is 1. The fourth-order valence-electron chi connectivity index (χ4n) is 3.61. The summed E-state index contributed by atoms with van der Waals surface area (Å²) in [6.45, 7) is 0. The van der Waals surface area contributed by atoms with Crippen molar-refractivity contribution in [3.8, 4) is 6.07 Å². The fraction of sp³-hybridized carbons (Fsp3) is 0.222. The lowest BCUT2D eigenvalue weighted by molar-refractivity contribution is -0.116. The highest BCUT2D eigenvalue weighted by molar-refractivity contribution is 7.73. The monoisotopic (exact) mass is 399 g/mol. The van der Waals surface area contributed by atoms with Crippen LogP contribution >= 0.6 is 23.6 Å². The number of carbonyl (C=O) groups is 1. The largest absolute Gasteiger partial charge is 0.384 e. The first-order valence-corrected chi connectivity index (χ1v) is 9.51. The number of nitrogens with two attached hydrogens (primary N) is 1. The van der Waals surface area contributed by atoms with Crippen LogP contribution in [-0.2, 0) is 4.79 Å². The summed E-state index contributed by atoms with van der Waals surface area (Å²) in [4.78, 5) is 14.5. The number of Topliss-reactive ketones (excluding diaryl/α,β-unsaturated/α-hetero) is 1. The van der Waals surface area contributed by atoms with Crippen LogP contribution in [0.25, 0.3) is 0 Å². The number of allylic oxidation sites excluding steroid dienone is 3. The Hall–Kier alpha value is -2.83. The molecule has 0 spiro atoms. The Bertz CT molecular complexity index is 1090. The number of nitrogens with zero attached hydrogens (tertiary/aromatic N) is 3. The van der Waals surface area contributed by atoms with Crippen LogP contribution in [0, 0.1) is 21.1 Å². The number of anilines is 1. The number of halogens is 1. The lowest BCUT2D eigenvalue weighted by Gasteiger charge is -2.38. The number of aromatic amines is 1. The molecule has 6 nitrogen and oxygen atoms in total. The summed E-state index contributed by atoms with van der Waals surface area (Å²) in [6, 6.07) is 7.97. The van der Waals surface area contributed by atoms with Crippen molar-refractivity contribution in [1.82, 2.24) is 10.2 Å². The van der Waals surface area contributed by atoms with Crippen molar-refractivity contribution < 1.29 is 9.18 Å². The van der Waals surface area contributed by atoms with Gasteiger partial charge >= 0.3 is 0 Å². The van der Waals surface area contributed by atoms with Crippen molar-refractivity contribution in [3.05, 3.63) is 62.3 Å². The number of nitriles is 1. The van der Waals surface area contributed by atoms with Gasteiger partial charge in [-0.1, -0.05) is 23.5 Å². The molecule has 1 atom stereocenters. The Morgan fingerprint density at radius 1 is 1.37 bits per heavy atom. The smallest absolute Gasteiger partial charge is 0.216 e. The van der Waals surface area contributed by atoms with Gasteiger partial charge in [-0.05, 0) is 42.8 Å². The molecule has 3 N–H and O–H groups in total. The molecule has 1 aliphatic carbocycles. The first-order valence-electron chi connectivity index (χ1n) is 8.28. The van der Waals surface area contributed by atoms with Crippen molar-refractivity contribution >= 4 is 34.5 Å². The summed E-state index contributed by atoms with van der Waals surface area (Å²) in [5.74, 6) is -0.804. The number of hydrogen-bond donors (Lipinski definition) is 2. The predicted molar refractivity (Wildman–Crippen MR) is 102 cm³/mol. The topological polar surface area (TPSA) is 98.8 Å². The summed E-state index contributed by atoms with van der Waals surface area (Å²) < 4.78 is 13.9. The Balaban J connectivity index is 1.97. The minimum atomic E-state index is -0.610. The Labute approximate surface area is 163 Å². The van der Waals surface area contributed by atoms with E-state index in [0.717, 1.165) is 5.70 Å². The number of nitrogens with one attached hydrogen (secondary N) is 1. The first kappa shape index (κ1) is 17.6. The van der Waals surface area contributed by atoms with E-state index in [9.17, 15) is 14.4 Å². The molecule has 0 bridgehead atoms. The SMILES string of the molecule is N#CC1=C(N)N(c2n[nH]c(=S)s2)C2=C(C(=O)CCC2)C1c1ccc(F)cc1. The lowest BCUT2D eigenvalue weighted by atomic mass is 9.76. The highest BCUT2D eigenvalue weighted by Gasteiger charge is 2.41. The van der Waals surface area contributed by atoms with E-state index in [0.29, 0.717) is 39.5 Å². The first-order chi connectivity index (χ1) is 13.0. The van der Waals surface area contributed by atoms with E-state index in [-0.39, 0.29) is 23.0 Å². The maximum atomic E-state index is 13.4. The van der Waals surface area contributed by atoms with Crippen molar-refractivity contribution in [2.75, 3.05) is 4.90 Å². The summed E-state index contributed by atoms with van der Waals surface area (Å²) in [6.07, 6.45) is 1.72. The molecule has 0 radical (unpaired) electrons. The fourth-order valence-corrected chi connectivity index (χ4v) is 4.53. The second kappa shape index (κ2) is 6.72. The molecule has 2 heterocycles. The highest BCUT2D eigenvalue weighted by atomic mass is 32.1. The predicted octanol–water partition coefficient (Wildman–Crippen LogP) is 3.64. The molecule has 1 aliphatic heterocycles. The maximum absolute atomic E-state index is 13.4. The van der Waals surface area contributed by atoms with Gasteiger partial charge in [-0.2, -0.15) is 5.26 Å². The van der Waals surface area contributed by atoms with Gasteiger partial charge < -0.3 is 5.73 Å². The van der Waals surface area contributed by atoms with Gasteiger partial charge in [0, 0.05) is 17.7 Å². The number of benzene rings is 1. The normalized spacial score (nSPS) is 19.9. The van der Waals surface area contributed by atoms with Crippen LogP contribution < -0.4 is 10.6 Å². The van der Waals surface area contributed by atoms with Crippen molar-refractivity contribution in [2.24, 2.45) is 5.73 Å². The number of aromatic nitrogens is 2. The average molecular weight is 399 g/mol. The van der Waals surface area contributed by atoms with E-state index in [4.69, 9.17) is 18.0 Å². The van der Waals surface area contributed by atoms with E-state index in [2.05, 4.69) is 16.3 Å². The summed E-state index contributed by atoms with van der Waals surface area (Å²) in [5.41, 5.74) is 8.53. The van der Waals surface area contributed by atoms with Gasteiger partial charge in [0.15, 0.2) is 9.74 Å². The zero-order valence-corrected chi connectivity index (χ0v) is 15.7. The van der Waals surface area contributed by atoms with Gasteiger partial charge in [-0.3, -0.25) is 14.8 Å². The number of ketones is 1. The molecule has 1 aromatic carbocycles. The molecule has 27 heavy (non-hydrogen) atoms. The number of carbonyl (C=O) groups excluding carboxylic acids is 1. The van der Waals surface area contributed by atoms with E-state index in [1.54, 1.807) is 17.0 Å². The van der Waals surface area contributed by atoms with Crippen LogP contribution in [-0.4, -0.2) is 16.0 Å². The van der Waals surface area contributed by atoms with E-state index in [1.165, 1.54) is 23.5 Å². The quantitative estimate of drug-likeness (QED) is 0.748. The molecule has 9 heteroatoms. The van der Waals surface area contributed by atoms with Gasteiger partial charge in [0.1, 0.15) is 11.6 Å². The third-order valence-electron chi connectivity index (χ3n) is 4.73. The van der Waals surface area contributed by atoms with Crippen molar-refractivity contribution in [2.45, 2.75) is 25.2 Å². The summed E-state index contributed by atoms with van der Waals surface area (Å²) >= 11 is 6.34. The molecule has 0 fully saturated rings. The molecular formula is C18H14FN5OS2. The zero-order chi connectivity index (χ0) is 19.1. The number of hydrogen-bond acceptors (Lipinski definition) is 7. The number of rotatable bonds is 2. The van der Waals surface area contributed by atoms with E-state index in [1.807, 2.05) is 0 Å². The minimum Gasteiger partial charge on any atom is -0.384 e. The third-order valence-corrected chi connectivity index (χ3v) is 5.81. The molecule has 2 aliphatic rings. The molecule has 0 saturated heterocycles. The van der Waals surface area contributed by atoms with Gasteiger partial charge in [0.25, 0.3) is 0 Å². The average Bonchev–Trinajstić information content (AvgIpc) is 3.07. The second-order valence-electron chi connectivity index (χ2n) is 6.26. The Morgan fingerprint density at radius 3 is 2.74 bits per heavy atom. The highest BCUT2D eigenvalue weighted by Crippen LogP contribution is 2.46. The van der Waals surface area contributed by atoms with Crippen LogP contribution in [0.2, 0.25) is 0 Å². The van der Waals surface area contributed by atoms with Crippen molar-refractivity contribution in [3.63, 3.8) is 0 Å².